The van der Waals surface area contributed by atoms with Crippen molar-refractivity contribution in [2.24, 2.45) is 0 Å². The molecule has 0 aliphatic carbocycles. The molecule has 0 unspecified atom stereocenters. The summed E-state index contributed by atoms with van der Waals surface area (Å²) < 4.78 is 0. The first-order valence-corrected chi connectivity index (χ1v) is 7.01. The molecule has 110 valence electrons. The van der Waals surface area contributed by atoms with Crippen molar-refractivity contribution in [1.82, 2.24) is 9.80 Å². The van der Waals surface area contributed by atoms with E-state index in [2.05, 4.69) is 11.0 Å². The number of nitriles is 1. The van der Waals surface area contributed by atoms with Crippen LogP contribution < -0.4 is 10.6 Å². The number of carbonyl (C=O) groups excluding carboxylic acids is 1. The van der Waals surface area contributed by atoms with Gasteiger partial charge in [-0.25, -0.2) is 0 Å². The van der Waals surface area contributed by atoms with Crippen LogP contribution in [0.2, 0.25) is 0 Å². The highest BCUT2D eigenvalue weighted by molar-refractivity contribution is 7.19. The van der Waals surface area contributed by atoms with Crippen LogP contribution in [0.1, 0.15) is 15.2 Å². The summed E-state index contributed by atoms with van der Waals surface area (Å²) in [6.07, 6.45) is 0. The Bertz CT molecular complexity index is 530. The smallest absolute Gasteiger partial charge is 0.265 e. The number of amides is 1. The van der Waals surface area contributed by atoms with Gasteiger partial charge in [-0.3, -0.25) is 4.79 Å². The second-order valence-corrected chi connectivity index (χ2v) is 6.06. The van der Waals surface area contributed by atoms with Crippen molar-refractivity contribution in [2.75, 3.05) is 59.0 Å². The monoisotopic (exact) mass is 295 g/mol. The van der Waals surface area contributed by atoms with Crippen molar-refractivity contribution in [2.45, 2.75) is 0 Å². The fourth-order valence-electron chi connectivity index (χ4n) is 1.62. The molecule has 0 aliphatic heterocycles. The summed E-state index contributed by atoms with van der Waals surface area (Å²) in [7, 11) is 9.22. The number of hydrogen-bond acceptors (Lipinski definition) is 6. The number of nitrogen functional groups attached to an aromatic ring is 1. The SMILES string of the molecule is CN(C)CCN(C)c1sc(C(=O)N(C)C)c(N)c1C#N. The second kappa shape index (κ2) is 6.59. The molecule has 7 heteroatoms. The third-order valence-corrected chi connectivity index (χ3v) is 4.18. The summed E-state index contributed by atoms with van der Waals surface area (Å²) in [4.78, 5) is 18.0. The molecule has 0 atom stereocenters. The molecule has 0 saturated heterocycles. The molecular weight excluding hydrogens is 274 g/mol. The van der Waals surface area contributed by atoms with Crippen LogP contribution in [0, 0.1) is 11.3 Å². The first kappa shape index (κ1) is 16.3. The zero-order chi connectivity index (χ0) is 15.4. The summed E-state index contributed by atoms with van der Waals surface area (Å²) >= 11 is 1.28. The second-order valence-electron chi connectivity index (χ2n) is 5.06. The Morgan fingerprint density at radius 2 is 1.85 bits per heavy atom. The molecule has 20 heavy (non-hydrogen) atoms. The van der Waals surface area contributed by atoms with Gasteiger partial charge in [-0.05, 0) is 14.1 Å². The minimum absolute atomic E-state index is 0.170. The van der Waals surface area contributed by atoms with Crippen LogP contribution in [-0.2, 0) is 0 Å². The Hall–Kier alpha value is -1.78. The summed E-state index contributed by atoms with van der Waals surface area (Å²) in [5.41, 5.74) is 6.62. The number of nitrogens with zero attached hydrogens (tertiary/aromatic N) is 4. The molecule has 2 N–H and O–H groups in total. The maximum absolute atomic E-state index is 12.1. The maximum Gasteiger partial charge on any atom is 0.265 e. The highest BCUT2D eigenvalue weighted by Gasteiger charge is 2.23. The van der Waals surface area contributed by atoms with Crippen LogP contribution >= 0.6 is 11.3 Å². The minimum atomic E-state index is -0.170. The van der Waals surface area contributed by atoms with Gasteiger partial charge in [0, 0.05) is 34.2 Å². The average molecular weight is 295 g/mol. The predicted molar refractivity (Wildman–Crippen MR) is 83.3 cm³/mol. The van der Waals surface area contributed by atoms with Gasteiger partial charge in [-0.15, -0.1) is 11.3 Å². The molecule has 0 spiro atoms. The van der Waals surface area contributed by atoms with Gasteiger partial charge >= 0.3 is 0 Å². The van der Waals surface area contributed by atoms with Crippen molar-refractivity contribution in [3.63, 3.8) is 0 Å². The Kier molecular flexibility index (Phi) is 5.36. The lowest BCUT2D eigenvalue weighted by Crippen LogP contribution is -2.28. The van der Waals surface area contributed by atoms with Crippen LogP contribution in [0.25, 0.3) is 0 Å². The molecule has 0 bridgehead atoms. The predicted octanol–water partition coefficient (Wildman–Crippen LogP) is 0.902. The third kappa shape index (κ3) is 3.40. The number of carbonyl (C=O) groups is 1. The number of hydrogen-bond donors (Lipinski definition) is 1. The first-order chi connectivity index (χ1) is 9.29. The van der Waals surface area contributed by atoms with E-state index in [1.165, 1.54) is 16.2 Å². The van der Waals surface area contributed by atoms with E-state index in [9.17, 15) is 10.1 Å². The van der Waals surface area contributed by atoms with E-state index in [1.54, 1.807) is 14.1 Å². The van der Waals surface area contributed by atoms with Crippen LogP contribution in [0.3, 0.4) is 0 Å². The topological polar surface area (TPSA) is 76.6 Å². The lowest BCUT2D eigenvalue weighted by Gasteiger charge is -2.20. The summed E-state index contributed by atoms with van der Waals surface area (Å²) in [5, 5.41) is 10.0. The largest absolute Gasteiger partial charge is 0.396 e. The third-order valence-electron chi connectivity index (χ3n) is 2.87. The molecule has 0 saturated carbocycles. The number of rotatable bonds is 5. The molecule has 0 aliphatic rings. The average Bonchev–Trinajstić information content (AvgIpc) is 2.71. The van der Waals surface area contributed by atoms with E-state index >= 15 is 0 Å². The zero-order valence-electron chi connectivity index (χ0n) is 12.6. The van der Waals surface area contributed by atoms with Crippen LogP contribution in [0.5, 0.6) is 0 Å². The molecule has 1 aromatic heterocycles. The van der Waals surface area contributed by atoms with Gasteiger partial charge in [-0.2, -0.15) is 5.26 Å². The highest BCUT2D eigenvalue weighted by atomic mass is 32.1. The van der Waals surface area contributed by atoms with Gasteiger partial charge in [0.15, 0.2) is 0 Å². The van der Waals surface area contributed by atoms with Crippen molar-refractivity contribution in [3.8, 4) is 6.07 Å². The van der Waals surface area contributed by atoms with Gasteiger partial charge in [0.25, 0.3) is 5.91 Å². The summed E-state index contributed by atoms with van der Waals surface area (Å²) in [6.45, 7) is 1.62. The van der Waals surface area contributed by atoms with Crippen LogP contribution in [0.4, 0.5) is 10.7 Å². The van der Waals surface area contributed by atoms with Crippen molar-refractivity contribution in [1.29, 1.82) is 5.26 Å². The van der Waals surface area contributed by atoms with Crippen LogP contribution in [0.15, 0.2) is 0 Å². The van der Waals surface area contributed by atoms with Crippen molar-refractivity contribution >= 4 is 27.9 Å². The van der Waals surface area contributed by atoms with Gasteiger partial charge in [0.2, 0.25) is 0 Å². The van der Waals surface area contributed by atoms with E-state index in [4.69, 9.17) is 5.73 Å². The number of nitrogens with two attached hydrogens (primary N) is 1. The Labute approximate surface area is 124 Å². The normalized spacial score (nSPS) is 10.4. The first-order valence-electron chi connectivity index (χ1n) is 6.19. The molecule has 1 heterocycles. The fraction of sp³-hybridized carbons (Fsp3) is 0.538. The Morgan fingerprint density at radius 3 is 2.30 bits per heavy atom. The molecule has 1 aromatic rings. The van der Waals surface area contributed by atoms with Crippen molar-refractivity contribution in [3.05, 3.63) is 10.4 Å². The van der Waals surface area contributed by atoms with Crippen molar-refractivity contribution < 1.29 is 4.79 Å². The summed E-state index contributed by atoms with van der Waals surface area (Å²) in [6, 6.07) is 2.11. The Morgan fingerprint density at radius 1 is 1.25 bits per heavy atom. The quantitative estimate of drug-likeness (QED) is 0.873. The highest BCUT2D eigenvalue weighted by Crippen LogP contribution is 2.37. The molecule has 6 nitrogen and oxygen atoms in total. The van der Waals surface area contributed by atoms with Gasteiger partial charge in [-0.1, -0.05) is 0 Å². The lowest BCUT2D eigenvalue weighted by molar-refractivity contribution is 0.0833. The molecule has 0 fully saturated rings. The number of thiophene rings is 1. The molecular formula is C13H21N5OS. The van der Waals surface area contributed by atoms with E-state index in [0.717, 1.165) is 18.1 Å². The fourth-order valence-corrected chi connectivity index (χ4v) is 2.80. The standard InChI is InChI=1S/C13H21N5OS/c1-16(2)6-7-18(5)13-9(8-14)10(15)11(20-13)12(19)17(3)4/h6-7,15H2,1-5H3. The lowest BCUT2D eigenvalue weighted by atomic mass is 10.2. The maximum atomic E-state index is 12.1. The van der Waals surface area contributed by atoms with E-state index in [-0.39, 0.29) is 11.6 Å². The van der Waals surface area contributed by atoms with Crippen LogP contribution in [-0.4, -0.2) is 64.0 Å². The van der Waals surface area contributed by atoms with Gasteiger partial charge < -0.3 is 20.4 Å². The molecule has 1 amide bonds. The summed E-state index contributed by atoms with van der Waals surface area (Å²) in [5.74, 6) is -0.170. The molecule has 1 rings (SSSR count). The van der Waals surface area contributed by atoms with E-state index in [1.807, 2.05) is 26.0 Å². The Balaban J connectivity index is 3.12. The zero-order valence-corrected chi connectivity index (χ0v) is 13.4. The minimum Gasteiger partial charge on any atom is -0.396 e. The van der Waals surface area contributed by atoms with Gasteiger partial charge in [0.05, 0.1) is 5.69 Å². The number of likely N-dealkylation sites (N-methyl/N-ethyl adjacent to an activating group) is 2. The molecule has 0 aromatic carbocycles. The van der Waals surface area contributed by atoms with E-state index in [0.29, 0.717) is 10.4 Å². The molecule has 0 radical (unpaired) electrons. The van der Waals surface area contributed by atoms with Gasteiger partial charge in [0.1, 0.15) is 21.5 Å². The van der Waals surface area contributed by atoms with E-state index < -0.39 is 0 Å². The number of anilines is 2.